The van der Waals surface area contributed by atoms with Crippen LogP contribution in [0.4, 0.5) is 24.8 Å². The Morgan fingerprint density at radius 1 is 1.28 bits per heavy atom. The van der Waals surface area contributed by atoms with Crippen LogP contribution >= 0.6 is 0 Å². The van der Waals surface area contributed by atoms with E-state index >= 15 is 0 Å². The third-order valence-electron chi connectivity index (χ3n) is 5.21. The van der Waals surface area contributed by atoms with Crippen LogP contribution in [-0.2, 0) is 4.79 Å². The zero-order valence-corrected chi connectivity index (χ0v) is 15.7. The number of hydrogen-bond acceptors (Lipinski definition) is 7. The minimum absolute atomic E-state index is 0.0360. The number of carbonyl (C=O) groups is 1. The Bertz CT molecular complexity index is 921. The van der Waals surface area contributed by atoms with E-state index in [1.165, 1.54) is 6.20 Å². The molecule has 2 aliphatic rings. The molecule has 0 radical (unpaired) electrons. The molecule has 1 amide bonds. The van der Waals surface area contributed by atoms with Crippen LogP contribution in [0.3, 0.4) is 0 Å². The molecule has 0 bridgehead atoms. The molecule has 2 aromatic heterocycles. The van der Waals surface area contributed by atoms with Crippen LogP contribution in [0.5, 0.6) is 0 Å². The van der Waals surface area contributed by atoms with Gasteiger partial charge < -0.3 is 15.5 Å². The van der Waals surface area contributed by atoms with E-state index in [1.807, 2.05) is 0 Å². The second kappa shape index (κ2) is 7.54. The number of halogens is 3. The highest BCUT2D eigenvalue weighted by molar-refractivity contribution is 5.95. The van der Waals surface area contributed by atoms with Crippen molar-refractivity contribution in [3.8, 4) is 11.4 Å². The average Bonchev–Trinajstić information content (AvgIpc) is 2.72. The van der Waals surface area contributed by atoms with Crippen LogP contribution in [0.15, 0.2) is 18.7 Å². The molecule has 2 aromatic rings. The van der Waals surface area contributed by atoms with Gasteiger partial charge in [0.25, 0.3) is 0 Å². The van der Waals surface area contributed by atoms with Crippen LogP contribution in [0.25, 0.3) is 11.4 Å². The molecule has 4 heterocycles. The normalized spacial score (nSPS) is 22.2. The largest absolute Gasteiger partial charge is 0.396 e. The van der Waals surface area contributed by atoms with E-state index < -0.39 is 24.4 Å². The van der Waals surface area contributed by atoms with E-state index in [0.29, 0.717) is 11.9 Å². The van der Waals surface area contributed by atoms with Gasteiger partial charge in [0.05, 0.1) is 24.0 Å². The highest BCUT2D eigenvalue weighted by Gasteiger charge is 2.47. The van der Waals surface area contributed by atoms with Crippen molar-refractivity contribution in [3.63, 3.8) is 0 Å². The molecule has 0 aliphatic carbocycles. The molecule has 154 valence electrons. The molecule has 1 fully saturated rings. The lowest BCUT2D eigenvalue weighted by Gasteiger charge is -2.34. The van der Waals surface area contributed by atoms with Crippen LogP contribution < -0.4 is 15.5 Å². The van der Waals surface area contributed by atoms with Crippen LogP contribution in [-0.4, -0.2) is 57.7 Å². The number of carbonyl (C=O) groups excluding carboxylic acids is 1. The molecule has 8 nitrogen and oxygen atoms in total. The van der Waals surface area contributed by atoms with Gasteiger partial charge in [-0.3, -0.25) is 9.78 Å². The Morgan fingerprint density at radius 3 is 2.86 bits per heavy atom. The van der Waals surface area contributed by atoms with Gasteiger partial charge in [0.2, 0.25) is 5.91 Å². The molecule has 4 rings (SSSR count). The maximum atomic E-state index is 13.7. The number of piperazine rings is 1. The Labute approximate surface area is 165 Å². The predicted octanol–water partition coefficient (Wildman–Crippen LogP) is 2.11. The summed E-state index contributed by atoms with van der Waals surface area (Å²) in [5.74, 6) is -2.26. The van der Waals surface area contributed by atoms with Gasteiger partial charge in [-0.05, 0) is 6.42 Å². The van der Waals surface area contributed by atoms with Gasteiger partial charge in [-0.1, -0.05) is 6.92 Å². The molecule has 0 aromatic carbocycles. The summed E-state index contributed by atoms with van der Waals surface area (Å²) in [7, 11) is 0. The van der Waals surface area contributed by atoms with E-state index in [-0.39, 0.29) is 22.8 Å². The zero-order valence-electron chi connectivity index (χ0n) is 15.7. The van der Waals surface area contributed by atoms with Crippen molar-refractivity contribution < 1.29 is 18.0 Å². The van der Waals surface area contributed by atoms with Gasteiger partial charge in [0, 0.05) is 37.7 Å². The molecule has 2 N–H and O–H groups in total. The van der Waals surface area contributed by atoms with E-state index in [2.05, 4.69) is 42.4 Å². The van der Waals surface area contributed by atoms with Crippen molar-refractivity contribution in [1.29, 1.82) is 0 Å². The quantitative estimate of drug-likeness (QED) is 0.805. The zero-order chi connectivity index (χ0) is 20.6. The lowest BCUT2D eigenvalue weighted by Crippen LogP contribution is -2.50. The van der Waals surface area contributed by atoms with Crippen molar-refractivity contribution in [2.75, 3.05) is 29.9 Å². The summed E-state index contributed by atoms with van der Waals surface area (Å²) in [4.78, 5) is 30.4. The maximum Gasteiger partial charge on any atom is 0.396 e. The second-order valence-corrected chi connectivity index (χ2v) is 7.10. The molecule has 2 atom stereocenters. The van der Waals surface area contributed by atoms with Crippen molar-refractivity contribution in [2.45, 2.75) is 37.9 Å². The number of fused-ring (bicyclic) bond motifs is 1. The smallest absolute Gasteiger partial charge is 0.352 e. The Morgan fingerprint density at radius 2 is 2.10 bits per heavy atom. The average molecular weight is 407 g/mol. The first kappa shape index (κ1) is 19.5. The Hall–Kier alpha value is -2.82. The topological polar surface area (TPSA) is 95.9 Å². The van der Waals surface area contributed by atoms with Crippen molar-refractivity contribution in [3.05, 3.63) is 24.3 Å². The molecule has 29 heavy (non-hydrogen) atoms. The Kier molecular flexibility index (Phi) is 5.07. The molecule has 0 unspecified atom stereocenters. The molecular formula is C18H20F3N7O. The van der Waals surface area contributed by atoms with Gasteiger partial charge in [-0.25, -0.2) is 15.0 Å². The molecule has 2 aliphatic heterocycles. The van der Waals surface area contributed by atoms with Gasteiger partial charge in [0.1, 0.15) is 23.7 Å². The fraction of sp³-hybridized carbons (Fsp3) is 0.500. The first-order valence-corrected chi connectivity index (χ1v) is 9.39. The van der Waals surface area contributed by atoms with E-state index in [0.717, 1.165) is 32.4 Å². The van der Waals surface area contributed by atoms with E-state index in [4.69, 9.17) is 0 Å². The van der Waals surface area contributed by atoms with E-state index in [9.17, 15) is 18.0 Å². The summed E-state index contributed by atoms with van der Waals surface area (Å²) in [5.41, 5.74) is 0.0878. The highest BCUT2D eigenvalue weighted by Crippen LogP contribution is 2.45. The number of nitrogens with zero attached hydrogens (tertiary/aromatic N) is 5. The lowest BCUT2D eigenvalue weighted by molar-refractivity contribution is -0.156. The van der Waals surface area contributed by atoms with Crippen molar-refractivity contribution >= 4 is 17.5 Å². The monoisotopic (exact) mass is 407 g/mol. The number of nitrogens with one attached hydrogen (secondary N) is 2. The minimum atomic E-state index is -4.61. The third-order valence-corrected chi connectivity index (χ3v) is 5.21. The maximum absolute atomic E-state index is 13.7. The second-order valence-electron chi connectivity index (χ2n) is 7.10. The number of anilines is 2. The summed E-state index contributed by atoms with van der Waals surface area (Å²) in [5, 5.41) is 5.81. The SMILES string of the molecule is CC[C@H]1CN(c2cncc(-c3ncnc4c3[C@H](C(F)(F)F)CC(=O)N4)n2)CCN1. The van der Waals surface area contributed by atoms with Gasteiger partial charge >= 0.3 is 6.18 Å². The van der Waals surface area contributed by atoms with Crippen molar-refractivity contribution in [2.24, 2.45) is 0 Å². The molecule has 0 saturated carbocycles. The third kappa shape index (κ3) is 3.86. The molecular weight excluding hydrogens is 387 g/mol. The molecule has 0 spiro atoms. The van der Waals surface area contributed by atoms with Crippen LogP contribution in [0, 0.1) is 0 Å². The first-order chi connectivity index (χ1) is 13.9. The fourth-order valence-corrected chi connectivity index (χ4v) is 3.71. The summed E-state index contributed by atoms with van der Waals surface area (Å²) >= 11 is 0. The highest BCUT2D eigenvalue weighted by atomic mass is 19.4. The van der Waals surface area contributed by atoms with Crippen molar-refractivity contribution in [1.82, 2.24) is 25.3 Å². The van der Waals surface area contributed by atoms with Gasteiger partial charge in [-0.15, -0.1) is 0 Å². The lowest BCUT2D eigenvalue weighted by atomic mass is 9.90. The number of hydrogen-bond donors (Lipinski definition) is 2. The standard InChI is InChI=1S/C18H20F3N7O/c1-2-10-8-28(4-3-23-10)13-7-22-6-12(26-13)16-15-11(18(19,20)21)5-14(29)27-17(15)25-9-24-16/h6-7,9-11,23H,2-5,8H2,1H3,(H,24,25,27,29)/t10-,11+/m0/s1. The summed E-state index contributed by atoms with van der Waals surface area (Å²) < 4.78 is 41.0. The van der Waals surface area contributed by atoms with E-state index in [1.54, 1.807) is 6.20 Å². The molecule has 11 heteroatoms. The van der Waals surface area contributed by atoms with Crippen LogP contribution in [0.1, 0.15) is 31.2 Å². The Balaban J connectivity index is 1.75. The first-order valence-electron chi connectivity index (χ1n) is 9.39. The van der Waals surface area contributed by atoms with Crippen LogP contribution in [0.2, 0.25) is 0 Å². The number of alkyl halides is 3. The fourth-order valence-electron chi connectivity index (χ4n) is 3.71. The van der Waals surface area contributed by atoms with Gasteiger partial charge in [0.15, 0.2) is 0 Å². The number of aromatic nitrogens is 4. The number of amides is 1. The van der Waals surface area contributed by atoms with Gasteiger partial charge in [-0.2, -0.15) is 13.2 Å². The summed E-state index contributed by atoms with van der Waals surface area (Å²) in [6.07, 6.45) is -0.257. The summed E-state index contributed by atoms with van der Waals surface area (Å²) in [6.45, 7) is 4.33. The predicted molar refractivity (Wildman–Crippen MR) is 99.4 cm³/mol. The minimum Gasteiger partial charge on any atom is -0.352 e. The molecule has 1 saturated heterocycles. The summed E-state index contributed by atoms with van der Waals surface area (Å²) in [6, 6.07) is 0.311. The number of rotatable bonds is 3.